The zero-order valence-corrected chi connectivity index (χ0v) is 13.2. The zero-order chi connectivity index (χ0) is 14.9. The highest BCUT2D eigenvalue weighted by Crippen LogP contribution is 2.24. The molecular weight excluding hydrogens is 274 g/mol. The first-order valence-electron chi connectivity index (χ1n) is 6.85. The lowest BCUT2D eigenvalue weighted by atomic mass is 10.2. The van der Waals surface area contributed by atoms with E-state index in [4.69, 9.17) is 5.73 Å². The molecule has 6 heteroatoms. The monoisotopic (exact) mass is 297 g/mol. The van der Waals surface area contributed by atoms with Crippen LogP contribution in [0.1, 0.15) is 18.4 Å². The van der Waals surface area contributed by atoms with Crippen molar-refractivity contribution in [3.8, 4) is 0 Å². The molecule has 1 aliphatic rings. The van der Waals surface area contributed by atoms with E-state index in [1.54, 1.807) is 32.2 Å². The van der Waals surface area contributed by atoms with Crippen molar-refractivity contribution in [3.63, 3.8) is 0 Å². The Hall–Kier alpha value is -1.11. The van der Waals surface area contributed by atoms with E-state index >= 15 is 0 Å². The zero-order valence-electron chi connectivity index (χ0n) is 12.3. The number of anilines is 1. The average molecular weight is 297 g/mol. The van der Waals surface area contributed by atoms with Crippen LogP contribution < -0.4 is 5.73 Å². The summed E-state index contributed by atoms with van der Waals surface area (Å²) in [6.45, 7) is 3.31. The van der Waals surface area contributed by atoms with Gasteiger partial charge in [0.05, 0.1) is 4.90 Å². The number of nitrogens with zero attached hydrogens (tertiary/aromatic N) is 2. The fourth-order valence-corrected chi connectivity index (χ4v) is 4.14. The highest BCUT2D eigenvalue weighted by atomic mass is 32.2. The van der Waals surface area contributed by atoms with Gasteiger partial charge in [-0.3, -0.25) is 0 Å². The van der Waals surface area contributed by atoms with Gasteiger partial charge in [0, 0.05) is 25.3 Å². The van der Waals surface area contributed by atoms with Crippen LogP contribution in [0.15, 0.2) is 23.1 Å². The molecule has 20 heavy (non-hydrogen) atoms. The van der Waals surface area contributed by atoms with Gasteiger partial charge in [-0.15, -0.1) is 0 Å². The van der Waals surface area contributed by atoms with Crippen molar-refractivity contribution in [3.05, 3.63) is 23.8 Å². The molecule has 1 aromatic rings. The van der Waals surface area contributed by atoms with Crippen LogP contribution in [0, 0.1) is 6.92 Å². The van der Waals surface area contributed by atoms with E-state index < -0.39 is 10.0 Å². The summed E-state index contributed by atoms with van der Waals surface area (Å²) in [7, 11) is 0.212. The molecule has 2 rings (SSSR count). The largest absolute Gasteiger partial charge is 0.398 e. The van der Waals surface area contributed by atoms with Gasteiger partial charge >= 0.3 is 0 Å². The molecule has 0 aromatic heterocycles. The van der Waals surface area contributed by atoms with Crippen molar-refractivity contribution in [2.24, 2.45) is 0 Å². The Morgan fingerprint density at radius 2 is 2.15 bits per heavy atom. The molecule has 5 nitrogen and oxygen atoms in total. The first-order valence-corrected chi connectivity index (χ1v) is 8.29. The Kier molecular flexibility index (Phi) is 4.36. The van der Waals surface area contributed by atoms with E-state index in [-0.39, 0.29) is 0 Å². The smallest absolute Gasteiger partial charge is 0.243 e. The van der Waals surface area contributed by atoms with Crippen molar-refractivity contribution in [1.29, 1.82) is 0 Å². The van der Waals surface area contributed by atoms with Crippen molar-refractivity contribution < 1.29 is 8.42 Å². The maximum Gasteiger partial charge on any atom is 0.243 e. The second-order valence-electron chi connectivity index (χ2n) is 5.53. The van der Waals surface area contributed by atoms with Gasteiger partial charge in [0.25, 0.3) is 0 Å². The molecule has 0 saturated carbocycles. The van der Waals surface area contributed by atoms with Crippen molar-refractivity contribution >= 4 is 15.7 Å². The maximum atomic E-state index is 12.7. The molecule has 0 amide bonds. The minimum absolute atomic E-state index is 0.302. The SMILES string of the molecule is Cc1c(N)cccc1S(=O)(=O)N(C)CC1CCCN1C. The molecule has 1 heterocycles. The van der Waals surface area contributed by atoms with Gasteiger partial charge in [-0.25, -0.2) is 8.42 Å². The highest BCUT2D eigenvalue weighted by molar-refractivity contribution is 7.89. The summed E-state index contributed by atoms with van der Waals surface area (Å²) >= 11 is 0. The van der Waals surface area contributed by atoms with Gasteiger partial charge < -0.3 is 10.6 Å². The molecule has 0 spiro atoms. The maximum absolute atomic E-state index is 12.7. The molecule has 1 fully saturated rings. The second kappa shape index (κ2) is 5.71. The molecule has 1 saturated heterocycles. The molecule has 0 bridgehead atoms. The number of rotatable bonds is 4. The molecule has 1 aliphatic heterocycles. The number of likely N-dealkylation sites (tertiary alicyclic amines) is 1. The Labute approximate surface area is 121 Å². The lowest BCUT2D eigenvalue weighted by Gasteiger charge is -2.26. The molecular formula is C14H23N3O2S. The van der Waals surface area contributed by atoms with Crippen LogP contribution >= 0.6 is 0 Å². The molecule has 2 N–H and O–H groups in total. The van der Waals surface area contributed by atoms with Crippen LogP contribution in [-0.4, -0.2) is 50.8 Å². The fraction of sp³-hybridized carbons (Fsp3) is 0.571. The Morgan fingerprint density at radius 3 is 2.75 bits per heavy atom. The number of sulfonamides is 1. The van der Waals surface area contributed by atoms with E-state index in [0.717, 1.165) is 19.4 Å². The molecule has 1 unspecified atom stereocenters. The predicted octanol–water partition coefficient (Wildman–Crippen LogP) is 1.29. The summed E-state index contributed by atoms with van der Waals surface area (Å²) in [4.78, 5) is 2.53. The first-order chi connectivity index (χ1) is 9.34. The van der Waals surface area contributed by atoms with Crippen molar-refractivity contribution in [1.82, 2.24) is 9.21 Å². The Bertz CT molecular complexity index is 586. The summed E-state index contributed by atoms with van der Waals surface area (Å²) < 4.78 is 26.7. The van der Waals surface area contributed by atoms with Gasteiger partial charge in [0.15, 0.2) is 0 Å². The van der Waals surface area contributed by atoms with E-state index in [1.165, 1.54) is 4.31 Å². The molecule has 1 aromatic carbocycles. The minimum atomic E-state index is -3.48. The van der Waals surface area contributed by atoms with Gasteiger partial charge in [0.1, 0.15) is 0 Å². The summed E-state index contributed by atoms with van der Waals surface area (Å²) in [6, 6.07) is 5.33. The van der Waals surface area contributed by atoms with Gasteiger partial charge in [-0.1, -0.05) is 6.07 Å². The third-order valence-electron chi connectivity index (χ3n) is 4.15. The number of nitrogens with two attached hydrogens (primary N) is 1. The molecule has 1 atom stereocenters. The van der Waals surface area contributed by atoms with E-state index in [0.29, 0.717) is 28.7 Å². The lowest BCUT2D eigenvalue weighted by Crippen LogP contribution is -2.39. The van der Waals surface area contributed by atoms with Gasteiger partial charge in [-0.2, -0.15) is 4.31 Å². The third kappa shape index (κ3) is 2.82. The summed E-state index contributed by atoms with van der Waals surface area (Å²) in [6.07, 6.45) is 2.18. The van der Waals surface area contributed by atoms with Crippen LogP contribution in [0.3, 0.4) is 0 Å². The lowest BCUT2D eigenvalue weighted by molar-refractivity contribution is 0.271. The standard InChI is InChI=1S/C14H23N3O2S/c1-11-13(15)7-4-8-14(11)20(18,19)17(3)10-12-6-5-9-16(12)2/h4,7-8,12H,5-6,9-10,15H2,1-3H3. The van der Waals surface area contributed by atoms with Crippen LogP contribution in [0.25, 0.3) is 0 Å². The summed E-state index contributed by atoms with van der Waals surface area (Å²) in [5.74, 6) is 0. The molecule has 0 aliphatic carbocycles. The van der Waals surface area contributed by atoms with Crippen LogP contribution in [0.4, 0.5) is 5.69 Å². The quantitative estimate of drug-likeness (QED) is 0.851. The number of likely N-dealkylation sites (N-methyl/N-ethyl adjacent to an activating group) is 2. The van der Waals surface area contributed by atoms with Gasteiger partial charge in [-0.05, 0) is 51.1 Å². The van der Waals surface area contributed by atoms with E-state index in [1.807, 2.05) is 7.05 Å². The first kappa shape index (κ1) is 15.3. The topological polar surface area (TPSA) is 66.6 Å². The predicted molar refractivity (Wildman–Crippen MR) is 81.1 cm³/mol. The van der Waals surface area contributed by atoms with Crippen molar-refractivity contribution in [2.45, 2.75) is 30.7 Å². The van der Waals surface area contributed by atoms with Crippen molar-refractivity contribution in [2.75, 3.05) is 32.9 Å². The number of hydrogen-bond acceptors (Lipinski definition) is 4. The summed E-state index contributed by atoms with van der Waals surface area (Å²) in [5.41, 5.74) is 6.95. The minimum Gasteiger partial charge on any atom is -0.398 e. The number of benzene rings is 1. The van der Waals surface area contributed by atoms with E-state index in [9.17, 15) is 8.42 Å². The Morgan fingerprint density at radius 1 is 1.45 bits per heavy atom. The van der Waals surface area contributed by atoms with Gasteiger partial charge in [0.2, 0.25) is 10.0 Å². The van der Waals surface area contributed by atoms with E-state index in [2.05, 4.69) is 4.90 Å². The molecule has 0 radical (unpaired) electrons. The van der Waals surface area contributed by atoms with Crippen LogP contribution in [-0.2, 0) is 10.0 Å². The summed E-state index contributed by atoms with van der Waals surface area (Å²) in [5, 5.41) is 0. The molecule has 112 valence electrons. The number of nitrogen functional groups attached to an aromatic ring is 1. The third-order valence-corrected chi connectivity index (χ3v) is 6.12. The van der Waals surface area contributed by atoms with Crippen LogP contribution in [0.2, 0.25) is 0 Å². The number of hydrogen-bond donors (Lipinski definition) is 1. The average Bonchev–Trinajstić information content (AvgIpc) is 2.78. The normalized spacial score (nSPS) is 20.7. The highest BCUT2D eigenvalue weighted by Gasteiger charge is 2.29. The Balaban J connectivity index is 2.23. The second-order valence-corrected chi connectivity index (χ2v) is 7.55. The fourth-order valence-electron chi connectivity index (χ4n) is 2.68. The van der Waals surface area contributed by atoms with Crippen LogP contribution in [0.5, 0.6) is 0 Å².